The van der Waals surface area contributed by atoms with Crippen LogP contribution < -0.4 is 4.90 Å². The fraction of sp³-hybridized carbons (Fsp3) is 0.481. The summed E-state index contributed by atoms with van der Waals surface area (Å²) < 4.78 is 91.5. The second-order valence-corrected chi connectivity index (χ2v) is 10.6. The number of benzene rings is 2. The number of alkyl halides is 6. The maximum absolute atomic E-state index is 13.5. The van der Waals surface area contributed by atoms with Gasteiger partial charge in [-0.25, -0.2) is 9.59 Å². The van der Waals surface area contributed by atoms with Gasteiger partial charge in [-0.05, 0) is 81.0 Å². The number of halogens is 7. The second kappa shape index (κ2) is 11.0. The summed E-state index contributed by atoms with van der Waals surface area (Å²) in [5.74, 6) is 0.0657. The van der Waals surface area contributed by atoms with Crippen molar-refractivity contribution < 1.29 is 45.4 Å². The molecule has 0 aromatic heterocycles. The van der Waals surface area contributed by atoms with Crippen molar-refractivity contribution in [2.24, 2.45) is 5.92 Å². The molecular weight excluding hydrogens is 566 g/mol. The van der Waals surface area contributed by atoms with Crippen LogP contribution in [0.5, 0.6) is 0 Å². The molecule has 13 heteroatoms. The summed E-state index contributed by atoms with van der Waals surface area (Å²) in [6, 6.07) is 4.53. The Bertz CT molecular complexity index is 1250. The van der Waals surface area contributed by atoms with E-state index < -0.39 is 60.4 Å². The Kier molecular flexibility index (Phi) is 8.22. The first-order valence-corrected chi connectivity index (χ1v) is 12.9. The minimum Gasteiger partial charge on any atom is -0.453 e. The van der Waals surface area contributed by atoms with Crippen molar-refractivity contribution in [1.29, 1.82) is 0 Å². The predicted molar refractivity (Wildman–Crippen MR) is 134 cm³/mol. The lowest BCUT2D eigenvalue weighted by Crippen LogP contribution is -2.50. The van der Waals surface area contributed by atoms with Crippen molar-refractivity contribution in [3.8, 4) is 0 Å². The van der Waals surface area contributed by atoms with Crippen LogP contribution in [0.25, 0.3) is 0 Å². The van der Waals surface area contributed by atoms with Crippen LogP contribution in [0.15, 0.2) is 36.4 Å². The molecule has 6 nitrogen and oxygen atoms in total. The molecule has 4 rings (SSSR count). The van der Waals surface area contributed by atoms with Gasteiger partial charge in [-0.15, -0.1) is 0 Å². The summed E-state index contributed by atoms with van der Waals surface area (Å²) in [6.07, 6.45) is -10.3. The fourth-order valence-electron chi connectivity index (χ4n) is 5.05. The molecule has 2 aromatic carbocycles. The number of hydrogen-bond donors (Lipinski definition) is 0. The molecule has 1 aliphatic heterocycles. The zero-order valence-electron chi connectivity index (χ0n) is 21.8. The number of carbonyl (C=O) groups is 2. The molecule has 1 fully saturated rings. The Morgan fingerprint density at radius 2 is 1.62 bits per heavy atom. The van der Waals surface area contributed by atoms with Crippen LogP contribution in [0.1, 0.15) is 61.4 Å². The van der Waals surface area contributed by atoms with E-state index in [4.69, 9.17) is 21.1 Å². The smallest absolute Gasteiger partial charge is 0.416 e. The maximum atomic E-state index is 13.5. The minimum atomic E-state index is -5.05. The van der Waals surface area contributed by atoms with Crippen LogP contribution in [0.3, 0.4) is 0 Å². The Balaban J connectivity index is 1.82. The van der Waals surface area contributed by atoms with E-state index in [-0.39, 0.29) is 29.0 Å². The van der Waals surface area contributed by atoms with Gasteiger partial charge < -0.3 is 9.47 Å². The third-order valence-corrected chi connectivity index (χ3v) is 7.12. The van der Waals surface area contributed by atoms with Gasteiger partial charge >= 0.3 is 24.5 Å². The highest BCUT2D eigenvalue weighted by atomic mass is 35.5. The number of rotatable bonds is 5. The van der Waals surface area contributed by atoms with Gasteiger partial charge in [0.1, 0.15) is 0 Å². The number of methoxy groups -OCH3 is 1. The molecule has 0 radical (unpaired) electrons. The van der Waals surface area contributed by atoms with Crippen LogP contribution in [-0.2, 0) is 28.4 Å². The second-order valence-electron chi connectivity index (χ2n) is 10.2. The molecule has 1 heterocycles. The summed E-state index contributed by atoms with van der Waals surface area (Å²) in [5, 5.41) is 0.258. The van der Waals surface area contributed by atoms with E-state index in [1.54, 1.807) is 26.0 Å². The lowest BCUT2D eigenvalue weighted by Gasteiger charge is -2.44. The fourth-order valence-corrected chi connectivity index (χ4v) is 5.23. The van der Waals surface area contributed by atoms with E-state index >= 15 is 0 Å². The normalized spacial score (nSPS) is 19.3. The molecule has 2 amide bonds. The Morgan fingerprint density at radius 3 is 2.12 bits per heavy atom. The van der Waals surface area contributed by atoms with E-state index in [0.717, 1.165) is 24.9 Å². The van der Waals surface area contributed by atoms with Crippen molar-refractivity contribution in [3.05, 3.63) is 63.7 Å². The third kappa shape index (κ3) is 6.42. The molecule has 1 aliphatic carbocycles. The Labute approximate surface area is 231 Å². The summed E-state index contributed by atoms with van der Waals surface area (Å²) in [6.45, 7) is 2.77. The lowest BCUT2D eigenvalue weighted by molar-refractivity contribution is -0.143. The zero-order chi connectivity index (χ0) is 29.6. The predicted octanol–water partition coefficient (Wildman–Crippen LogP) is 8.22. The lowest BCUT2D eigenvalue weighted by atomic mass is 9.87. The van der Waals surface area contributed by atoms with Crippen LogP contribution in [0.4, 0.5) is 41.6 Å². The van der Waals surface area contributed by atoms with Gasteiger partial charge in [0.15, 0.2) is 0 Å². The van der Waals surface area contributed by atoms with Gasteiger partial charge in [-0.1, -0.05) is 11.6 Å². The molecule has 0 spiro atoms. The molecule has 0 bridgehead atoms. The first-order chi connectivity index (χ1) is 18.6. The summed E-state index contributed by atoms with van der Waals surface area (Å²) in [4.78, 5) is 28.8. The SMILES string of the molecule is COC(=O)N(Cc1cc(C(F)(F)F)cc(C(F)(F)F)c1)[C@H]1C[C@@H](C2CC2)N(C(=O)OC(C)C)c2ccc(Cl)cc21. The van der Waals surface area contributed by atoms with Crippen molar-refractivity contribution in [1.82, 2.24) is 4.90 Å². The number of fused-ring (bicyclic) bond motifs is 1. The number of nitrogens with zero attached hydrogens (tertiary/aromatic N) is 2. The van der Waals surface area contributed by atoms with Crippen molar-refractivity contribution in [2.45, 2.75) is 70.2 Å². The average molecular weight is 593 g/mol. The molecule has 1 saturated carbocycles. The van der Waals surface area contributed by atoms with Crippen LogP contribution >= 0.6 is 11.6 Å². The number of anilines is 1. The zero-order valence-corrected chi connectivity index (χ0v) is 22.5. The molecule has 2 aliphatic rings. The highest BCUT2D eigenvalue weighted by molar-refractivity contribution is 6.30. The number of hydrogen-bond acceptors (Lipinski definition) is 4. The highest BCUT2D eigenvalue weighted by Gasteiger charge is 2.47. The number of carbonyl (C=O) groups excluding carboxylic acids is 2. The van der Waals surface area contributed by atoms with Gasteiger partial charge in [0.25, 0.3) is 0 Å². The summed E-state index contributed by atoms with van der Waals surface area (Å²) in [7, 11) is 1.06. The highest BCUT2D eigenvalue weighted by Crippen LogP contribution is 2.49. The molecule has 218 valence electrons. The van der Waals surface area contributed by atoms with E-state index in [1.165, 1.54) is 11.0 Å². The van der Waals surface area contributed by atoms with E-state index in [9.17, 15) is 35.9 Å². The average Bonchev–Trinajstić information content (AvgIpc) is 3.70. The van der Waals surface area contributed by atoms with E-state index in [2.05, 4.69) is 0 Å². The quantitative estimate of drug-likeness (QED) is 0.328. The van der Waals surface area contributed by atoms with Crippen molar-refractivity contribution in [3.63, 3.8) is 0 Å². The topological polar surface area (TPSA) is 59.1 Å². The first kappa shape index (κ1) is 29.8. The van der Waals surface area contributed by atoms with Gasteiger partial charge in [0.05, 0.1) is 36.1 Å². The van der Waals surface area contributed by atoms with Gasteiger partial charge in [-0.3, -0.25) is 9.80 Å². The number of amides is 2. The monoisotopic (exact) mass is 592 g/mol. The first-order valence-electron chi connectivity index (χ1n) is 12.5. The molecule has 2 aromatic rings. The molecule has 0 saturated heterocycles. The van der Waals surface area contributed by atoms with Gasteiger partial charge in [-0.2, -0.15) is 26.3 Å². The summed E-state index contributed by atoms with van der Waals surface area (Å²) >= 11 is 6.27. The van der Waals surface area contributed by atoms with E-state index in [0.29, 0.717) is 23.4 Å². The van der Waals surface area contributed by atoms with Gasteiger partial charge in [0, 0.05) is 23.2 Å². The van der Waals surface area contributed by atoms with Crippen LogP contribution in [0.2, 0.25) is 5.02 Å². The van der Waals surface area contributed by atoms with Crippen LogP contribution in [0, 0.1) is 5.92 Å². The minimum absolute atomic E-state index is 0.0308. The largest absolute Gasteiger partial charge is 0.453 e. The van der Waals surface area contributed by atoms with Crippen LogP contribution in [-0.4, -0.2) is 36.3 Å². The van der Waals surface area contributed by atoms with Crippen molar-refractivity contribution >= 4 is 29.5 Å². The Morgan fingerprint density at radius 1 is 1.02 bits per heavy atom. The number of ether oxygens (including phenoxy) is 2. The molecule has 40 heavy (non-hydrogen) atoms. The van der Waals surface area contributed by atoms with Crippen molar-refractivity contribution in [2.75, 3.05) is 12.0 Å². The molecule has 0 N–H and O–H groups in total. The van der Waals surface area contributed by atoms with Gasteiger partial charge in [0.2, 0.25) is 0 Å². The summed E-state index contributed by atoms with van der Waals surface area (Å²) in [5.41, 5.74) is -2.60. The van der Waals surface area contributed by atoms with E-state index in [1.807, 2.05) is 0 Å². The maximum Gasteiger partial charge on any atom is 0.416 e. The third-order valence-electron chi connectivity index (χ3n) is 6.89. The Hall–Kier alpha value is -3.15. The molecule has 2 atom stereocenters. The molecular formula is C27H27ClF6N2O4. The standard InChI is InChI=1S/C27H27ClF6N2O4/c1-14(2)40-25(38)36-21-7-6-19(28)11-20(21)23(12-22(36)16-4-5-16)35(24(37)39-3)13-15-8-17(26(29,30)31)10-18(9-15)27(32,33)34/h6-11,14,16,22-23H,4-5,12-13H2,1-3H3/t22-,23-/m0/s1. The molecule has 0 unspecified atom stereocenters.